The number of carbonyl (C=O) groups is 1. The number of hydrogen-bond acceptors (Lipinski definition) is 5. The van der Waals surface area contributed by atoms with Gasteiger partial charge in [-0.2, -0.15) is 5.26 Å². The lowest BCUT2D eigenvalue weighted by Crippen LogP contribution is -2.11. The average molecular weight is 344 g/mol. The van der Waals surface area contributed by atoms with Gasteiger partial charge in [0.2, 0.25) is 0 Å². The van der Waals surface area contributed by atoms with Crippen molar-refractivity contribution in [3.8, 4) is 16.6 Å². The highest BCUT2D eigenvalue weighted by molar-refractivity contribution is 7.17. The first kappa shape index (κ1) is 15.2. The number of rotatable bonds is 4. The fraction of sp³-hybridized carbons (Fsp3) is 0.0526. The lowest BCUT2D eigenvalue weighted by Gasteiger charge is -2.02. The third kappa shape index (κ3) is 2.82. The van der Waals surface area contributed by atoms with Crippen LogP contribution in [0.3, 0.4) is 0 Å². The molecule has 0 aliphatic heterocycles. The summed E-state index contributed by atoms with van der Waals surface area (Å²) in [7, 11) is 0. The summed E-state index contributed by atoms with van der Waals surface area (Å²) >= 11 is 1.29. The van der Waals surface area contributed by atoms with E-state index in [1.807, 2.05) is 54.6 Å². The van der Waals surface area contributed by atoms with E-state index in [1.54, 1.807) is 0 Å². The zero-order valence-corrected chi connectivity index (χ0v) is 13.8. The monoisotopic (exact) mass is 344 g/mol. The van der Waals surface area contributed by atoms with Crippen molar-refractivity contribution in [1.29, 1.82) is 5.26 Å². The Morgan fingerprint density at radius 1 is 1.12 bits per heavy atom. The number of imidazole rings is 1. The molecule has 25 heavy (non-hydrogen) atoms. The topological polar surface area (TPSA) is 82.4 Å². The van der Waals surface area contributed by atoms with Gasteiger partial charge >= 0.3 is 0 Å². The minimum absolute atomic E-state index is 0.291. The van der Waals surface area contributed by atoms with Crippen LogP contribution in [0.25, 0.3) is 21.6 Å². The molecular formula is C19H12N4OS. The summed E-state index contributed by atoms with van der Waals surface area (Å²) in [4.78, 5) is 25.0. The van der Waals surface area contributed by atoms with Crippen LogP contribution in [0, 0.1) is 11.3 Å². The van der Waals surface area contributed by atoms with Crippen molar-refractivity contribution < 1.29 is 4.79 Å². The zero-order chi connectivity index (χ0) is 17.2. The van der Waals surface area contributed by atoms with Gasteiger partial charge in [-0.3, -0.25) is 4.79 Å². The largest absolute Gasteiger partial charge is 0.340 e. The molecule has 0 aliphatic rings. The number of H-pyrrole nitrogens is 1. The molecule has 2 aromatic heterocycles. The molecule has 4 rings (SSSR count). The molecule has 120 valence electrons. The molecule has 0 bridgehead atoms. The van der Waals surface area contributed by atoms with Crippen LogP contribution in [-0.4, -0.2) is 20.7 Å². The molecule has 0 aliphatic carbocycles. The van der Waals surface area contributed by atoms with Gasteiger partial charge in [-0.25, -0.2) is 9.97 Å². The van der Waals surface area contributed by atoms with E-state index in [1.165, 1.54) is 17.5 Å². The Kier molecular flexibility index (Phi) is 3.84. The summed E-state index contributed by atoms with van der Waals surface area (Å²) in [5.41, 5.74) is 2.49. The van der Waals surface area contributed by atoms with Gasteiger partial charge in [0.15, 0.2) is 11.7 Å². The minimum Gasteiger partial charge on any atom is -0.340 e. The summed E-state index contributed by atoms with van der Waals surface area (Å²) in [6.45, 7) is 0. The molecule has 2 aromatic carbocycles. The van der Waals surface area contributed by atoms with E-state index in [4.69, 9.17) is 0 Å². The number of nitrogens with one attached hydrogen (secondary N) is 1. The third-order valence-corrected chi connectivity index (χ3v) is 4.90. The molecule has 1 atom stereocenters. The van der Waals surface area contributed by atoms with E-state index in [0.717, 1.165) is 21.6 Å². The predicted molar refractivity (Wildman–Crippen MR) is 96.3 cm³/mol. The van der Waals surface area contributed by atoms with E-state index in [-0.39, 0.29) is 5.78 Å². The van der Waals surface area contributed by atoms with E-state index in [0.29, 0.717) is 10.7 Å². The van der Waals surface area contributed by atoms with Crippen molar-refractivity contribution in [3.63, 3.8) is 0 Å². The number of para-hydroxylation sites is 2. The molecule has 0 spiro atoms. The van der Waals surface area contributed by atoms with E-state index >= 15 is 0 Å². The number of nitriles is 1. The highest BCUT2D eigenvalue weighted by Crippen LogP contribution is 2.29. The predicted octanol–water partition coefficient (Wildman–Crippen LogP) is 4.18. The number of aromatic amines is 1. The fourth-order valence-electron chi connectivity index (χ4n) is 2.60. The van der Waals surface area contributed by atoms with E-state index < -0.39 is 5.92 Å². The molecule has 5 nitrogen and oxygen atoms in total. The number of ketones is 1. The van der Waals surface area contributed by atoms with Gasteiger partial charge in [-0.15, -0.1) is 11.3 Å². The molecule has 0 amide bonds. The fourth-order valence-corrected chi connectivity index (χ4v) is 3.49. The maximum atomic E-state index is 12.8. The minimum atomic E-state index is -0.975. The van der Waals surface area contributed by atoms with Crippen molar-refractivity contribution in [3.05, 3.63) is 71.5 Å². The highest BCUT2D eigenvalue weighted by Gasteiger charge is 2.27. The molecule has 0 unspecified atom stereocenters. The van der Waals surface area contributed by atoms with E-state index in [2.05, 4.69) is 21.0 Å². The number of carbonyl (C=O) groups excluding carboxylic acids is 1. The average Bonchev–Trinajstić information content (AvgIpc) is 3.30. The summed E-state index contributed by atoms with van der Waals surface area (Å²) in [6, 6.07) is 19.2. The Hall–Kier alpha value is -3.30. The zero-order valence-electron chi connectivity index (χ0n) is 13.0. The van der Waals surface area contributed by atoms with Crippen molar-refractivity contribution in [2.45, 2.75) is 5.92 Å². The van der Waals surface area contributed by atoms with Crippen LogP contribution < -0.4 is 0 Å². The molecule has 4 aromatic rings. The maximum Gasteiger partial charge on any atom is 0.199 e. The van der Waals surface area contributed by atoms with Crippen LogP contribution in [0.15, 0.2) is 60.8 Å². The van der Waals surface area contributed by atoms with Crippen LogP contribution in [0.1, 0.15) is 21.4 Å². The molecule has 0 saturated heterocycles. The third-order valence-electron chi connectivity index (χ3n) is 3.84. The number of nitrogens with zero attached hydrogens (tertiary/aromatic N) is 3. The molecule has 6 heteroatoms. The van der Waals surface area contributed by atoms with Gasteiger partial charge in [0.05, 0.1) is 22.0 Å². The Morgan fingerprint density at radius 2 is 1.88 bits per heavy atom. The SMILES string of the molecule is N#C[C@H](C(=O)c1cnc(-c2ccccc2)s1)c1nc2ccccc2[nH]1. The molecule has 1 N–H and O–H groups in total. The molecule has 0 radical (unpaired) electrons. The first-order valence-corrected chi connectivity index (χ1v) is 8.47. The quantitative estimate of drug-likeness (QED) is 0.563. The first-order valence-electron chi connectivity index (χ1n) is 7.66. The van der Waals surface area contributed by atoms with Gasteiger partial charge in [0.1, 0.15) is 10.8 Å². The van der Waals surface area contributed by atoms with Crippen LogP contribution in [0.2, 0.25) is 0 Å². The number of thiazole rings is 1. The van der Waals surface area contributed by atoms with Crippen molar-refractivity contribution >= 4 is 28.2 Å². The molecular weight excluding hydrogens is 332 g/mol. The normalized spacial score (nSPS) is 12.0. The van der Waals surface area contributed by atoms with Crippen LogP contribution in [0.5, 0.6) is 0 Å². The molecule has 0 saturated carbocycles. The summed E-state index contributed by atoms with van der Waals surface area (Å²) in [5.74, 6) is -0.902. The van der Waals surface area contributed by atoms with Gasteiger partial charge in [0, 0.05) is 11.8 Å². The standard InChI is InChI=1S/C19H12N4OS/c20-10-13(18-22-14-8-4-5-9-15(14)23-18)17(24)16-11-21-19(25-16)12-6-2-1-3-7-12/h1-9,11,13H,(H,22,23)/t13-/m1/s1. The van der Waals surface area contributed by atoms with E-state index in [9.17, 15) is 10.1 Å². The Morgan fingerprint density at radius 3 is 2.64 bits per heavy atom. The first-order chi connectivity index (χ1) is 12.3. The second-order valence-corrected chi connectivity index (χ2v) is 6.49. The summed E-state index contributed by atoms with van der Waals surface area (Å²) in [6.07, 6.45) is 1.53. The van der Waals surface area contributed by atoms with Crippen LogP contribution in [0.4, 0.5) is 0 Å². The lowest BCUT2D eigenvalue weighted by atomic mass is 10.0. The van der Waals surface area contributed by atoms with Crippen molar-refractivity contribution in [2.75, 3.05) is 0 Å². The van der Waals surface area contributed by atoms with Crippen LogP contribution >= 0.6 is 11.3 Å². The Balaban J connectivity index is 1.67. The van der Waals surface area contributed by atoms with Gasteiger partial charge in [-0.05, 0) is 12.1 Å². The lowest BCUT2D eigenvalue weighted by molar-refractivity contribution is 0.0980. The number of aromatic nitrogens is 3. The number of hydrogen-bond donors (Lipinski definition) is 1. The molecule has 0 fully saturated rings. The Bertz CT molecular complexity index is 1060. The Labute approximate surface area is 147 Å². The van der Waals surface area contributed by atoms with Crippen LogP contribution in [-0.2, 0) is 0 Å². The maximum absolute atomic E-state index is 12.8. The highest BCUT2D eigenvalue weighted by atomic mass is 32.1. The van der Waals surface area contributed by atoms with Gasteiger partial charge in [-0.1, -0.05) is 42.5 Å². The number of fused-ring (bicyclic) bond motifs is 1. The molecule has 2 heterocycles. The number of Topliss-reactive ketones (excluding diaryl/α,β-unsaturated/α-hetero) is 1. The van der Waals surface area contributed by atoms with Gasteiger partial charge in [0.25, 0.3) is 0 Å². The smallest absolute Gasteiger partial charge is 0.199 e. The van der Waals surface area contributed by atoms with Crippen molar-refractivity contribution in [1.82, 2.24) is 15.0 Å². The summed E-state index contributed by atoms with van der Waals surface area (Å²) < 4.78 is 0. The summed E-state index contributed by atoms with van der Waals surface area (Å²) in [5, 5.41) is 10.3. The number of benzene rings is 2. The van der Waals surface area contributed by atoms with Gasteiger partial charge < -0.3 is 4.98 Å². The second kappa shape index (κ2) is 6.30. The van der Waals surface area contributed by atoms with Crippen molar-refractivity contribution in [2.24, 2.45) is 0 Å². The second-order valence-electron chi connectivity index (χ2n) is 5.46.